The Morgan fingerprint density at radius 3 is 2.12 bits per heavy atom. The predicted octanol–water partition coefficient (Wildman–Crippen LogP) is 5.50. The Labute approximate surface area is 200 Å². The number of hydrogen-bond acceptors (Lipinski definition) is 4. The molecule has 3 aromatic rings. The number of ether oxygens (including phenoxy) is 2. The van der Waals surface area contributed by atoms with E-state index < -0.39 is 17.6 Å². The average molecular weight is 462 g/mol. The van der Waals surface area contributed by atoms with E-state index in [0.717, 1.165) is 22.3 Å². The Morgan fingerprint density at radius 1 is 0.882 bits per heavy atom. The summed E-state index contributed by atoms with van der Waals surface area (Å²) >= 11 is 0. The van der Waals surface area contributed by atoms with E-state index in [1.807, 2.05) is 19.9 Å². The van der Waals surface area contributed by atoms with Crippen LogP contribution in [-0.4, -0.2) is 22.7 Å². The zero-order valence-corrected chi connectivity index (χ0v) is 20.3. The molecule has 1 unspecified atom stereocenters. The number of hydrogen-bond donors (Lipinski definition) is 2. The highest BCUT2D eigenvalue weighted by atomic mass is 16.5. The summed E-state index contributed by atoms with van der Waals surface area (Å²) < 4.78 is 11.8. The van der Waals surface area contributed by atoms with Crippen molar-refractivity contribution in [2.45, 2.75) is 53.4 Å². The molecule has 0 bridgehead atoms. The van der Waals surface area contributed by atoms with Gasteiger partial charge in [0.1, 0.15) is 18.1 Å². The van der Waals surface area contributed by atoms with Gasteiger partial charge in [0.2, 0.25) is 0 Å². The Bertz CT molecular complexity index is 1170. The number of carbonyl (C=O) groups excluding carboxylic acids is 1. The van der Waals surface area contributed by atoms with Gasteiger partial charge in [-0.25, -0.2) is 4.79 Å². The molecule has 3 aromatic carbocycles. The lowest BCUT2D eigenvalue weighted by atomic mass is 10.0. The summed E-state index contributed by atoms with van der Waals surface area (Å²) in [5, 5.41) is 12.5. The van der Waals surface area contributed by atoms with E-state index in [9.17, 15) is 14.7 Å². The van der Waals surface area contributed by atoms with Crippen LogP contribution in [0.25, 0.3) is 0 Å². The summed E-state index contributed by atoms with van der Waals surface area (Å²) in [5.41, 5.74) is 3.46. The number of rotatable bonds is 9. The van der Waals surface area contributed by atoms with E-state index in [1.165, 1.54) is 0 Å². The van der Waals surface area contributed by atoms with Crippen LogP contribution in [0.15, 0.2) is 60.7 Å². The van der Waals surface area contributed by atoms with Crippen LogP contribution in [0, 0.1) is 27.7 Å². The molecule has 0 saturated carbocycles. The van der Waals surface area contributed by atoms with Crippen molar-refractivity contribution < 1.29 is 24.2 Å². The molecule has 0 spiro atoms. The Kier molecular flexibility index (Phi) is 7.61. The molecule has 0 aliphatic carbocycles. The van der Waals surface area contributed by atoms with E-state index in [2.05, 4.69) is 31.3 Å². The number of carboxylic acids is 1. The largest absolute Gasteiger partial charge is 0.489 e. The molecule has 1 atom stereocenters. The van der Waals surface area contributed by atoms with Gasteiger partial charge in [-0.3, -0.25) is 4.79 Å². The first-order valence-electron chi connectivity index (χ1n) is 11.3. The number of amides is 1. The minimum absolute atomic E-state index is 0.0397. The second kappa shape index (κ2) is 10.4. The van der Waals surface area contributed by atoms with Crippen LogP contribution in [0.5, 0.6) is 11.5 Å². The predicted molar refractivity (Wildman–Crippen MR) is 131 cm³/mol. The molecule has 0 aliphatic rings. The SMILES string of the molecule is CCC(NC(=O)c1ccc(OCc2c(C)cccc2C)c(C)c1C)(Oc1ccccc1)C(=O)O. The second-order valence-electron chi connectivity index (χ2n) is 8.38. The molecule has 178 valence electrons. The number of aryl methyl sites for hydroxylation is 2. The molecule has 34 heavy (non-hydrogen) atoms. The van der Waals surface area contributed by atoms with Gasteiger partial charge in [-0.05, 0) is 79.8 Å². The average Bonchev–Trinajstić information content (AvgIpc) is 2.81. The molecular formula is C28H31NO5. The fourth-order valence-corrected chi connectivity index (χ4v) is 3.80. The molecule has 3 rings (SSSR count). The topological polar surface area (TPSA) is 84.9 Å². The molecule has 2 N–H and O–H groups in total. The van der Waals surface area contributed by atoms with Gasteiger partial charge in [0.05, 0.1) is 0 Å². The smallest absolute Gasteiger partial charge is 0.370 e. The highest BCUT2D eigenvalue weighted by molar-refractivity contribution is 5.99. The van der Waals surface area contributed by atoms with Crippen LogP contribution >= 0.6 is 0 Å². The number of aliphatic carboxylic acids is 1. The molecule has 0 saturated heterocycles. The van der Waals surface area contributed by atoms with Crippen molar-refractivity contribution in [1.82, 2.24) is 5.32 Å². The Balaban J connectivity index is 1.82. The molecule has 0 radical (unpaired) electrons. The molecule has 0 fully saturated rings. The summed E-state index contributed by atoms with van der Waals surface area (Å²) in [6, 6.07) is 18.1. The lowest BCUT2D eigenvalue weighted by Crippen LogP contribution is -2.58. The van der Waals surface area contributed by atoms with Crippen molar-refractivity contribution in [1.29, 1.82) is 0 Å². The zero-order chi connectivity index (χ0) is 24.9. The summed E-state index contributed by atoms with van der Waals surface area (Å²) in [6.45, 7) is 9.89. The van der Waals surface area contributed by atoms with E-state index >= 15 is 0 Å². The van der Waals surface area contributed by atoms with E-state index in [1.54, 1.807) is 49.4 Å². The fraction of sp³-hybridized carbons (Fsp3) is 0.286. The molecule has 0 heterocycles. The lowest BCUT2D eigenvalue weighted by molar-refractivity contribution is -0.158. The number of carboxylic acid groups (broad SMARTS) is 1. The van der Waals surface area contributed by atoms with Gasteiger partial charge in [0.25, 0.3) is 11.6 Å². The van der Waals surface area contributed by atoms with Crippen molar-refractivity contribution in [3.8, 4) is 11.5 Å². The van der Waals surface area contributed by atoms with Gasteiger partial charge < -0.3 is 19.9 Å². The van der Waals surface area contributed by atoms with Gasteiger partial charge in [-0.1, -0.05) is 43.3 Å². The maximum Gasteiger partial charge on any atom is 0.370 e. The first-order chi connectivity index (χ1) is 16.2. The molecule has 0 aromatic heterocycles. The third kappa shape index (κ3) is 5.22. The van der Waals surface area contributed by atoms with Crippen LogP contribution in [0.3, 0.4) is 0 Å². The van der Waals surface area contributed by atoms with Crippen molar-refractivity contribution in [3.05, 3.63) is 94.0 Å². The Hall–Kier alpha value is -3.80. The highest BCUT2D eigenvalue weighted by Gasteiger charge is 2.41. The van der Waals surface area contributed by atoms with Crippen molar-refractivity contribution in [2.75, 3.05) is 0 Å². The van der Waals surface area contributed by atoms with E-state index in [-0.39, 0.29) is 6.42 Å². The van der Waals surface area contributed by atoms with Crippen molar-refractivity contribution >= 4 is 11.9 Å². The molecule has 6 heteroatoms. The second-order valence-corrected chi connectivity index (χ2v) is 8.38. The van der Waals surface area contributed by atoms with Crippen LogP contribution in [-0.2, 0) is 11.4 Å². The van der Waals surface area contributed by atoms with E-state index in [4.69, 9.17) is 9.47 Å². The summed E-state index contributed by atoms with van der Waals surface area (Å²) in [5.74, 6) is -0.760. The van der Waals surface area contributed by atoms with Gasteiger partial charge in [-0.2, -0.15) is 0 Å². The van der Waals surface area contributed by atoms with Crippen LogP contribution in [0.4, 0.5) is 0 Å². The van der Waals surface area contributed by atoms with Crippen LogP contribution in [0.2, 0.25) is 0 Å². The summed E-state index contributed by atoms with van der Waals surface area (Å²) in [7, 11) is 0. The van der Waals surface area contributed by atoms with E-state index in [0.29, 0.717) is 29.2 Å². The Morgan fingerprint density at radius 2 is 1.53 bits per heavy atom. The first kappa shape index (κ1) is 24.8. The third-order valence-electron chi connectivity index (χ3n) is 6.19. The molecule has 6 nitrogen and oxygen atoms in total. The number of benzene rings is 3. The highest BCUT2D eigenvalue weighted by Crippen LogP contribution is 2.27. The number of carbonyl (C=O) groups is 2. The monoisotopic (exact) mass is 461 g/mol. The van der Waals surface area contributed by atoms with Gasteiger partial charge in [0.15, 0.2) is 0 Å². The molecular weight excluding hydrogens is 430 g/mol. The summed E-state index contributed by atoms with van der Waals surface area (Å²) in [4.78, 5) is 25.3. The fourth-order valence-electron chi connectivity index (χ4n) is 3.80. The maximum absolute atomic E-state index is 13.2. The number of nitrogens with one attached hydrogen (secondary N) is 1. The quantitative estimate of drug-likeness (QED) is 0.411. The lowest BCUT2D eigenvalue weighted by Gasteiger charge is -2.30. The minimum Gasteiger partial charge on any atom is -0.489 e. The van der Waals surface area contributed by atoms with Crippen molar-refractivity contribution in [2.24, 2.45) is 0 Å². The van der Waals surface area contributed by atoms with Crippen LogP contribution in [0.1, 0.15) is 51.5 Å². The van der Waals surface area contributed by atoms with Gasteiger partial charge in [-0.15, -0.1) is 0 Å². The third-order valence-corrected chi connectivity index (χ3v) is 6.19. The van der Waals surface area contributed by atoms with Crippen LogP contribution < -0.4 is 14.8 Å². The first-order valence-corrected chi connectivity index (χ1v) is 11.3. The summed E-state index contributed by atoms with van der Waals surface area (Å²) in [6.07, 6.45) is 0.0397. The standard InChI is InChI=1S/C28H31NO5/c1-6-28(27(31)32,34-22-13-8-7-9-14-22)29-26(30)23-15-16-25(21(5)20(23)4)33-17-24-18(2)11-10-12-19(24)3/h7-16H,6,17H2,1-5H3,(H,29,30)(H,31,32). The molecule has 1 amide bonds. The molecule has 0 aliphatic heterocycles. The minimum atomic E-state index is -1.89. The zero-order valence-electron chi connectivity index (χ0n) is 20.3. The maximum atomic E-state index is 13.2. The normalized spacial score (nSPS) is 12.5. The van der Waals surface area contributed by atoms with Gasteiger partial charge in [0, 0.05) is 12.0 Å². The number of para-hydroxylation sites is 1. The van der Waals surface area contributed by atoms with Gasteiger partial charge >= 0.3 is 5.97 Å². The van der Waals surface area contributed by atoms with Crippen molar-refractivity contribution in [3.63, 3.8) is 0 Å².